The molecule has 0 saturated carbocycles. The van der Waals surface area contributed by atoms with Crippen molar-refractivity contribution in [1.29, 1.82) is 0 Å². The summed E-state index contributed by atoms with van der Waals surface area (Å²) in [6.07, 6.45) is 3.16. The SMILES string of the molecule is COC(=O)c1cnc(C2CCCO2)nc1N. The first-order valence-electron chi connectivity index (χ1n) is 5.04. The second kappa shape index (κ2) is 4.44. The van der Waals surface area contributed by atoms with E-state index in [1.165, 1.54) is 13.3 Å². The van der Waals surface area contributed by atoms with Crippen LogP contribution in [0.1, 0.15) is 35.1 Å². The minimum absolute atomic E-state index is 0.103. The van der Waals surface area contributed by atoms with Crippen LogP contribution in [0.2, 0.25) is 0 Å². The van der Waals surface area contributed by atoms with Crippen LogP contribution in [0.5, 0.6) is 0 Å². The molecule has 1 aliphatic heterocycles. The second-order valence-electron chi connectivity index (χ2n) is 3.52. The van der Waals surface area contributed by atoms with Crippen LogP contribution in [-0.4, -0.2) is 29.7 Å². The number of nitrogen functional groups attached to an aromatic ring is 1. The molecule has 1 aromatic heterocycles. The summed E-state index contributed by atoms with van der Waals surface area (Å²) >= 11 is 0. The number of nitrogens with two attached hydrogens (primary N) is 1. The lowest BCUT2D eigenvalue weighted by Gasteiger charge is -2.09. The topological polar surface area (TPSA) is 87.3 Å². The van der Waals surface area contributed by atoms with E-state index in [2.05, 4.69) is 14.7 Å². The normalized spacial score (nSPS) is 19.7. The Balaban J connectivity index is 2.25. The molecule has 2 heterocycles. The Kier molecular flexibility index (Phi) is 3.00. The summed E-state index contributed by atoms with van der Waals surface area (Å²) in [7, 11) is 1.29. The van der Waals surface area contributed by atoms with Gasteiger partial charge in [0.1, 0.15) is 17.5 Å². The van der Waals surface area contributed by atoms with Crippen LogP contribution in [0.15, 0.2) is 6.20 Å². The maximum absolute atomic E-state index is 11.3. The number of carbonyl (C=O) groups excluding carboxylic acids is 1. The highest BCUT2D eigenvalue weighted by atomic mass is 16.5. The molecule has 0 radical (unpaired) electrons. The van der Waals surface area contributed by atoms with E-state index < -0.39 is 5.97 Å². The van der Waals surface area contributed by atoms with Gasteiger partial charge in [-0.3, -0.25) is 0 Å². The highest BCUT2D eigenvalue weighted by Gasteiger charge is 2.22. The number of hydrogen-bond donors (Lipinski definition) is 1. The average molecular weight is 223 g/mol. The van der Waals surface area contributed by atoms with Gasteiger partial charge in [-0.05, 0) is 12.8 Å². The van der Waals surface area contributed by atoms with Crippen molar-refractivity contribution >= 4 is 11.8 Å². The maximum Gasteiger partial charge on any atom is 0.343 e. The van der Waals surface area contributed by atoms with Gasteiger partial charge in [-0.1, -0.05) is 0 Å². The molecular weight excluding hydrogens is 210 g/mol. The van der Waals surface area contributed by atoms with E-state index >= 15 is 0 Å². The summed E-state index contributed by atoms with van der Waals surface area (Å²) in [6, 6.07) is 0. The van der Waals surface area contributed by atoms with Crippen molar-refractivity contribution in [1.82, 2.24) is 9.97 Å². The molecule has 1 atom stereocenters. The van der Waals surface area contributed by atoms with Gasteiger partial charge in [-0.15, -0.1) is 0 Å². The molecule has 0 spiro atoms. The summed E-state index contributed by atoms with van der Waals surface area (Å²) in [6.45, 7) is 0.715. The van der Waals surface area contributed by atoms with Crippen LogP contribution < -0.4 is 5.73 Å². The summed E-state index contributed by atoms with van der Waals surface area (Å²) in [5, 5.41) is 0. The molecule has 0 bridgehead atoms. The number of esters is 1. The third kappa shape index (κ3) is 1.96. The number of nitrogens with zero attached hydrogens (tertiary/aromatic N) is 2. The van der Waals surface area contributed by atoms with Gasteiger partial charge in [0.15, 0.2) is 5.82 Å². The maximum atomic E-state index is 11.3. The van der Waals surface area contributed by atoms with Crippen LogP contribution >= 0.6 is 0 Å². The molecule has 1 saturated heterocycles. The fourth-order valence-corrected chi connectivity index (χ4v) is 1.61. The highest BCUT2D eigenvalue weighted by Crippen LogP contribution is 2.26. The summed E-state index contributed by atoms with van der Waals surface area (Å²) in [4.78, 5) is 19.4. The highest BCUT2D eigenvalue weighted by molar-refractivity contribution is 5.93. The second-order valence-corrected chi connectivity index (χ2v) is 3.52. The van der Waals surface area contributed by atoms with E-state index in [4.69, 9.17) is 10.5 Å². The van der Waals surface area contributed by atoms with Crippen LogP contribution in [0, 0.1) is 0 Å². The molecule has 0 amide bonds. The molecule has 2 N–H and O–H groups in total. The standard InChI is InChI=1S/C10H13N3O3/c1-15-10(14)6-5-12-9(13-8(6)11)7-3-2-4-16-7/h5,7H,2-4H2,1H3,(H2,11,12,13). The first-order chi connectivity index (χ1) is 7.72. The number of anilines is 1. The fourth-order valence-electron chi connectivity index (χ4n) is 1.61. The summed E-state index contributed by atoms with van der Waals surface area (Å²) in [5.74, 6) is 0.131. The largest absolute Gasteiger partial charge is 0.465 e. The molecule has 1 aromatic rings. The van der Waals surface area contributed by atoms with Crippen LogP contribution in [0.4, 0.5) is 5.82 Å². The Morgan fingerprint density at radius 3 is 3.06 bits per heavy atom. The van der Waals surface area contributed by atoms with Gasteiger partial charge in [-0.25, -0.2) is 14.8 Å². The lowest BCUT2D eigenvalue weighted by atomic mass is 10.2. The van der Waals surface area contributed by atoms with Gasteiger partial charge in [0, 0.05) is 12.8 Å². The third-order valence-corrected chi connectivity index (χ3v) is 2.46. The Morgan fingerprint density at radius 1 is 1.69 bits per heavy atom. The third-order valence-electron chi connectivity index (χ3n) is 2.46. The molecular formula is C10H13N3O3. The quantitative estimate of drug-likeness (QED) is 0.742. The van der Waals surface area contributed by atoms with Crippen molar-refractivity contribution in [3.8, 4) is 0 Å². The Morgan fingerprint density at radius 2 is 2.50 bits per heavy atom. The van der Waals surface area contributed by atoms with Crippen LogP contribution in [-0.2, 0) is 9.47 Å². The number of ether oxygens (including phenoxy) is 2. The molecule has 6 nitrogen and oxygen atoms in total. The zero-order chi connectivity index (χ0) is 11.5. The van der Waals surface area contributed by atoms with E-state index in [0.29, 0.717) is 12.4 Å². The van der Waals surface area contributed by atoms with E-state index in [1.807, 2.05) is 0 Å². The molecule has 6 heteroatoms. The first-order valence-corrected chi connectivity index (χ1v) is 5.04. The van der Waals surface area contributed by atoms with Crippen molar-refractivity contribution in [2.75, 3.05) is 19.5 Å². The summed E-state index contributed by atoms with van der Waals surface area (Å²) < 4.78 is 9.98. The number of carbonyl (C=O) groups is 1. The van der Waals surface area contributed by atoms with E-state index in [-0.39, 0.29) is 17.5 Å². The van der Waals surface area contributed by atoms with Crippen molar-refractivity contribution in [3.05, 3.63) is 17.6 Å². The molecule has 0 aliphatic carbocycles. The average Bonchev–Trinajstić information content (AvgIpc) is 2.81. The molecule has 1 aliphatic rings. The number of rotatable bonds is 2. The zero-order valence-electron chi connectivity index (χ0n) is 8.97. The zero-order valence-corrected chi connectivity index (χ0v) is 8.97. The number of aromatic nitrogens is 2. The number of hydrogen-bond acceptors (Lipinski definition) is 6. The molecule has 2 rings (SSSR count). The van der Waals surface area contributed by atoms with Gasteiger partial charge in [0.25, 0.3) is 0 Å². The van der Waals surface area contributed by atoms with Crippen molar-refractivity contribution in [2.45, 2.75) is 18.9 Å². The minimum atomic E-state index is -0.531. The Labute approximate surface area is 92.8 Å². The van der Waals surface area contributed by atoms with E-state index in [0.717, 1.165) is 12.8 Å². The fraction of sp³-hybridized carbons (Fsp3) is 0.500. The number of methoxy groups -OCH3 is 1. The molecule has 16 heavy (non-hydrogen) atoms. The van der Waals surface area contributed by atoms with Gasteiger partial charge >= 0.3 is 5.97 Å². The van der Waals surface area contributed by atoms with E-state index in [9.17, 15) is 4.79 Å². The molecule has 0 aromatic carbocycles. The van der Waals surface area contributed by atoms with Crippen molar-refractivity contribution < 1.29 is 14.3 Å². The van der Waals surface area contributed by atoms with Crippen LogP contribution in [0.3, 0.4) is 0 Å². The smallest absolute Gasteiger partial charge is 0.343 e. The Hall–Kier alpha value is -1.69. The summed E-state index contributed by atoms with van der Waals surface area (Å²) in [5.41, 5.74) is 5.84. The van der Waals surface area contributed by atoms with E-state index in [1.54, 1.807) is 0 Å². The minimum Gasteiger partial charge on any atom is -0.465 e. The van der Waals surface area contributed by atoms with Crippen LogP contribution in [0.25, 0.3) is 0 Å². The van der Waals surface area contributed by atoms with Gasteiger partial charge in [-0.2, -0.15) is 0 Å². The first kappa shape index (κ1) is 10.8. The van der Waals surface area contributed by atoms with Gasteiger partial charge < -0.3 is 15.2 Å². The van der Waals surface area contributed by atoms with Crippen molar-refractivity contribution in [2.24, 2.45) is 0 Å². The predicted molar refractivity (Wildman–Crippen MR) is 55.7 cm³/mol. The lowest BCUT2D eigenvalue weighted by molar-refractivity contribution is 0.0600. The molecule has 86 valence electrons. The lowest BCUT2D eigenvalue weighted by Crippen LogP contribution is -2.12. The van der Waals surface area contributed by atoms with Gasteiger partial charge in [0.05, 0.1) is 7.11 Å². The Bertz CT molecular complexity index is 402. The monoisotopic (exact) mass is 223 g/mol. The molecule has 1 fully saturated rings. The molecule has 1 unspecified atom stereocenters. The van der Waals surface area contributed by atoms with Gasteiger partial charge in [0.2, 0.25) is 0 Å². The van der Waals surface area contributed by atoms with Crippen molar-refractivity contribution in [3.63, 3.8) is 0 Å². The predicted octanol–water partition coefficient (Wildman–Crippen LogP) is 0.697.